The predicted octanol–water partition coefficient (Wildman–Crippen LogP) is 3.31. The molecular formula is C24H32N2O4S. The third kappa shape index (κ3) is 4.83. The van der Waals surface area contributed by atoms with E-state index in [1.807, 2.05) is 35.8 Å². The molecule has 0 radical (unpaired) electrons. The van der Waals surface area contributed by atoms with Gasteiger partial charge >= 0.3 is 0 Å². The van der Waals surface area contributed by atoms with Crippen LogP contribution in [0.25, 0.3) is 6.08 Å². The summed E-state index contributed by atoms with van der Waals surface area (Å²) in [5, 5.41) is 0. The van der Waals surface area contributed by atoms with Crippen molar-refractivity contribution >= 4 is 29.7 Å². The summed E-state index contributed by atoms with van der Waals surface area (Å²) in [6.45, 7) is 5.61. The van der Waals surface area contributed by atoms with Crippen molar-refractivity contribution in [2.24, 2.45) is 0 Å². The Hall–Kier alpha value is -1.83. The van der Waals surface area contributed by atoms with Gasteiger partial charge in [-0.05, 0) is 44.2 Å². The van der Waals surface area contributed by atoms with E-state index in [-0.39, 0.29) is 23.9 Å². The van der Waals surface area contributed by atoms with E-state index in [0.717, 1.165) is 30.6 Å². The first kappa shape index (κ1) is 22.4. The number of thioether (sulfide) groups is 1. The van der Waals surface area contributed by atoms with Crippen molar-refractivity contribution in [3.05, 3.63) is 41.0 Å². The summed E-state index contributed by atoms with van der Waals surface area (Å²) in [5.41, 5.74) is 3.61. The van der Waals surface area contributed by atoms with Crippen LogP contribution in [0.15, 0.2) is 29.8 Å². The van der Waals surface area contributed by atoms with Gasteiger partial charge in [-0.3, -0.25) is 9.59 Å². The lowest BCUT2D eigenvalue weighted by Crippen LogP contribution is -2.53. The Labute approximate surface area is 188 Å². The maximum atomic E-state index is 13.5. The molecule has 2 fully saturated rings. The molecule has 0 aromatic heterocycles. The highest BCUT2D eigenvalue weighted by Gasteiger charge is 2.43. The summed E-state index contributed by atoms with van der Waals surface area (Å²) < 4.78 is 11.6. The molecule has 0 unspecified atom stereocenters. The summed E-state index contributed by atoms with van der Waals surface area (Å²) >= 11 is 1.72. The molecule has 168 valence electrons. The number of fused-ring (bicyclic) bond motifs is 1. The second-order valence-electron chi connectivity index (χ2n) is 8.25. The average molecular weight is 445 g/mol. The minimum atomic E-state index is -0.415. The lowest BCUT2D eigenvalue weighted by molar-refractivity contribution is -0.175. The van der Waals surface area contributed by atoms with Gasteiger partial charge in [0.1, 0.15) is 6.04 Å². The maximum absolute atomic E-state index is 13.5. The number of rotatable bonds is 8. The first-order valence-corrected chi connectivity index (χ1v) is 12.5. The fourth-order valence-electron chi connectivity index (χ4n) is 4.78. The summed E-state index contributed by atoms with van der Waals surface area (Å²) in [6, 6.07) is 7.78. The molecule has 2 heterocycles. The molecule has 31 heavy (non-hydrogen) atoms. The second-order valence-corrected chi connectivity index (χ2v) is 9.25. The third-order valence-corrected chi connectivity index (χ3v) is 7.29. The lowest BCUT2D eigenvalue weighted by Gasteiger charge is -2.34. The second kappa shape index (κ2) is 10.2. The summed E-state index contributed by atoms with van der Waals surface area (Å²) in [4.78, 5) is 30.3. The smallest absolute Gasteiger partial charge is 0.246 e. The molecule has 2 atom stereocenters. The van der Waals surface area contributed by atoms with E-state index < -0.39 is 6.29 Å². The molecule has 0 spiro atoms. The van der Waals surface area contributed by atoms with Crippen LogP contribution < -0.4 is 0 Å². The zero-order valence-corrected chi connectivity index (χ0v) is 19.2. The molecule has 0 N–H and O–H groups in total. The zero-order valence-electron chi connectivity index (χ0n) is 18.4. The van der Waals surface area contributed by atoms with Crippen LogP contribution in [-0.4, -0.2) is 71.4 Å². The van der Waals surface area contributed by atoms with Crippen molar-refractivity contribution in [3.63, 3.8) is 0 Å². The monoisotopic (exact) mass is 444 g/mol. The maximum Gasteiger partial charge on any atom is 0.246 e. The number of likely N-dealkylation sites (tertiary alicyclic amines) is 1. The van der Waals surface area contributed by atoms with E-state index >= 15 is 0 Å². The molecule has 7 heteroatoms. The van der Waals surface area contributed by atoms with Gasteiger partial charge in [0.2, 0.25) is 11.8 Å². The topological polar surface area (TPSA) is 59.1 Å². The van der Waals surface area contributed by atoms with Gasteiger partial charge in [0.25, 0.3) is 0 Å². The van der Waals surface area contributed by atoms with E-state index in [0.29, 0.717) is 32.1 Å². The minimum Gasteiger partial charge on any atom is -0.351 e. The Balaban J connectivity index is 1.41. The van der Waals surface area contributed by atoms with E-state index in [1.165, 1.54) is 11.1 Å². The van der Waals surface area contributed by atoms with E-state index in [9.17, 15) is 9.59 Å². The number of amides is 2. The Kier molecular flexibility index (Phi) is 7.35. The van der Waals surface area contributed by atoms with E-state index in [1.54, 1.807) is 11.8 Å². The van der Waals surface area contributed by atoms with Gasteiger partial charge < -0.3 is 19.3 Å². The quantitative estimate of drug-likeness (QED) is 0.576. The number of carbonyl (C=O) groups excluding carboxylic acids is 2. The highest BCUT2D eigenvalue weighted by molar-refractivity contribution is 7.99. The molecule has 2 aliphatic heterocycles. The Morgan fingerprint density at radius 2 is 1.94 bits per heavy atom. The number of nitrogens with zero attached hydrogens (tertiary/aromatic N) is 2. The van der Waals surface area contributed by atoms with Crippen molar-refractivity contribution in [3.8, 4) is 0 Å². The summed E-state index contributed by atoms with van der Waals surface area (Å²) in [7, 11) is 0. The van der Waals surface area contributed by atoms with Crippen LogP contribution in [0.5, 0.6) is 0 Å². The van der Waals surface area contributed by atoms with Gasteiger partial charge in [-0.1, -0.05) is 35.9 Å². The molecule has 0 saturated carbocycles. The predicted molar refractivity (Wildman–Crippen MR) is 122 cm³/mol. The van der Waals surface area contributed by atoms with Crippen molar-refractivity contribution < 1.29 is 19.1 Å². The number of hydrogen-bond donors (Lipinski definition) is 0. The third-order valence-electron chi connectivity index (χ3n) is 6.25. The lowest BCUT2D eigenvalue weighted by atomic mass is 10.1. The Bertz CT molecular complexity index is 837. The first-order chi connectivity index (χ1) is 15.1. The van der Waals surface area contributed by atoms with Crippen LogP contribution in [0.4, 0.5) is 0 Å². The fourth-order valence-corrected chi connectivity index (χ4v) is 5.98. The molecule has 1 aromatic rings. The highest BCUT2D eigenvalue weighted by Crippen LogP contribution is 2.31. The van der Waals surface area contributed by atoms with Crippen LogP contribution in [-0.2, 0) is 25.5 Å². The zero-order chi connectivity index (χ0) is 21.8. The van der Waals surface area contributed by atoms with E-state index in [2.05, 4.69) is 18.2 Å². The molecular weight excluding hydrogens is 412 g/mol. The summed E-state index contributed by atoms with van der Waals surface area (Å²) in [5.74, 6) is 1.51. The van der Waals surface area contributed by atoms with Crippen LogP contribution in [0.1, 0.15) is 44.2 Å². The van der Waals surface area contributed by atoms with Gasteiger partial charge in [-0.2, -0.15) is 0 Å². The number of carbonyl (C=O) groups is 2. The van der Waals surface area contributed by atoms with Crippen molar-refractivity contribution in [1.29, 1.82) is 0 Å². The van der Waals surface area contributed by atoms with Crippen molar-refractivity contribution in [2.75, 3.05) is 31.4 Å². The van der Waals surface area contributed by atoms with Gasteiger partial charge in [0.05, 0.1) is 11.9 Å². The SMILES string of the molecule is CCOC(OCC)[C@@H]1CSCN1C(=O)[C@@H]1CCCN1C(=O)CC1=Cc2ccccc2C1. The molecule has 3 aliphatic rings. The fraction of sp³-hybridized carbons (Fsp3) is 0.583. The highest BCUT2D eigenvalue weighted by atomic mass is 32.2. The largest absolute Gasteiger partial charge is 0.351 e. The minimum absolute atomic E-state index is 0.0361. The van der Waals surface area contributed by atoms with Crippen LogP contribution in [0.2, 0.25) is 0 Å². The normalized spacial score (nSPS) is 22.9. The van der Waals surface area contributed by atoms with Crippen molar-refractivity contribution in [2.45, 2.75) is 57.9 Å². The Morgan fingerprint density at radius 3 is 2.68 bits per heavy atom. The summed E-state index contributed by atoms with van der Waals surface area (Å²) in [6.07, 6.45) is 4.52. The van der Waals surface area contributed by atoms with Crippen LogP contribution in [0.3, 0.4) is 0 Å². The molecule has 2 amide bonds. The first-order valence-electron chi connectivity index (χ1n) is 11.3. The number of hydrogen-bond acceptors (Lipinski definition) is 5. The molecule has 1 aliphatic carbocycles. The van der Waals surface area contributed by atoms with E-state index in [4.69, 9.17) is 9.47 Å². The average Bonchev–Trinajstić information content (AvgIpc) is 3.51. The van der Waals surface area contributed by atoms with Crippen LogP contribution >= 0.6 is 11.8 Å². The standard InChI is InChI=1S/C24H32N2O4S/c1-3-29-24(30-4-2)21-15-31-16-26(21)23(28)20-10-7-11-25(20)22(27)14-17-12-18-8-5-6-9-19(18)13-17/h5-6,8-9,12,20-21,24H,3-4,7,10-11,13-16H2,1-2H3/t20-,21-/m0/s1. The van der Waals surface area contributed by atoms with Gasteiger partial charge in [-0.25, -0.2) is 0 Å². The number of ether oxygens (including phenoxy) is 2. The van der Waals surface area contributed by atoms with Gasteiger partial charge in [0.15, 0.2) is 6.29 Å². The number of benzene rings is 1. The molecule has 6 nitrogen and oxygen atoms in total. The molecule has 1 aromatic carbocycles. The Morgan fingerprint density at radius 1 is 1.16 bits per heavy atom. The van der Waals surface area contributed by atoms with Crippen LogP contribution in [0, 0.1) is 0 Å². The molecule has 4 rings (SSSR count). The molecule has 0 bridgehead atoms. The molecule has 2 saturated heterocycles. The van der Waals surface area contributed by atoms with Gasteiger partial charge in [0, 0.05) is 31.9 Å². The van der Waals surface area contributed by atoms with Crippen molar-refractivity contribution in [1.82, 2.24) is 9.80 Å². The van der Waals surface area contributed by atoms with Gasteiger partial charge in [-0.15, -0.1) is 11.8 Å².